The van der Waals surface area contributed by atoms with Gasteiger partial charge in [0.05, 0.1) is 10.2 Å². The van der Waals surface area contributed by atoms with E-state index in [1.807, 2.05) is 11.9 Å². The number of likely N-dealkylation sites (N-methyl/N-ethyl adjacent to an activating group) is 1. The second-order valence-corrected chi connectivity index (χ2v) is 7.21. The van der Waals surface area contributed by atoms with E-state index in [4.69, 9.17) is 5.73 Å². The van der Waals surface area contributed by atoms with Crippen molar-refractivity contribution in [1.29, 1.82) is 0 Å². The normalized spacial score (nSPS) is 20.9. The molecule has 1 fully saturated rings. The molecule has 1 heterocycles. The van der Waals surface area contributed by atoms with E-state index in [0.717, 1.165) is 19.0 Å². The fourth-order valence-electron chi connectivity index (χ4n) is 2.09. The molecule has 3 N–H and O–H groups in total. The minimum absolute atomic E-state index is 0.0746. The molecular weight excluding hydrogens is 337 g/mol. The van der Waals surface area contributed by atoms with Crippen LogP contribution in [0.3, 0.4) is 0 Å². The number of nitrogens with one attached hydrogen (secondary N) is 1. The van der Waals surface area contributed by atoms with E-state index in [2.05, 4.69) is 20.7 Å². The summed E-state index contributed by atoms with van der Waals surface area (Å²) in [5, 5.41) is 0. The number of benzene rings is 1. The van der Waals surface area contributed by atoms with Crippen LogP contribution in [0, 0.1) is 5.82 Å². The van der Waals surface area contributed by atoms with Crippen LogP contribution in [0.1, 0.15) is 6.42 Å². The molecule has 1 aromatic carbocycles. The summed E-state index contributed by atoms with van der Waals surface area (Å²) in [6.07, 6.45) is 0.748. The highest BCUT2D eigenvalue weighted by molar-refractivity contribution is 9.10. The number of anilines is 1. The Morgan fingerprint density at radius 1 is 1.53 bits per heavy atom. The first kappa shape index (κ1) is 14.7. The molecule has 1 aliphatic heterocycles. The summed E-state index contributed by atoms with van der Waals surface area (Å²) in [6, 6.07) is 2.05. The monoisotopic (exact) mass is 351 g/mol. The summed E-state index contributed by atoms with van der Waals surface area (Å²) in [5.41, 5.74) is 5.49. The Balaban J connectivity index is 2.27. The molecule has 1 aromatic rings. The zero-order chi connectivity index (χ0) is 14.2. The molecule has 0 radical (unpaired) electrons. The van der Waals surface area contributed by atoms with E-state index >= 15 is 0 Å². The summed E-state index contributed by atoms with van der Waals surface area (Å²) in [6.45, 7) is 1.50. The Hall–Kier alpha value is -0.700. The Bertz CT molecular complexity index is 594. The Labute approximate surface area is 120 Å². The van der Waals surface area contributed by atoms with E-state index < -0.39 is 15.8 Å². The molecule has 0 bridgehead atoms. The second-order valence-electron chi connectivity index (χ2n) is 4.67. The van der Waals surface area contributed by atoms with Crippen molar-refractivity contribution in [3.8, 4) is 0 Å². The number of nitrogens with zero attached hydrogens (tertiary/aromatic N) is 1. The van der Waals surface area contributed by atoms with Gasteiger partial charge in [-0.05, 0) is 48.1 Å². The zero-order valence-corrected chi connectivity index (χ0v) is 12.8. The fraction of sp³-hybridized carbons (Fsp3) is 0.455. The van der Waals surface area contributed by atoms with Crippen LogP contribution in [-0.2, 0) is 10.0 Å². The van der Waals surface area contributed by atoms with Crippen LogP contribution in [0.2, 0.25) is 0 Å². The van der Waals surface area contributed by atoms with Gasteiger partial charge in [0.25, 0.3) is 0 Å². The lowest BCUT2D eigenvalue weighted by molar-refractivity contribution is 0.407. The summed E-state index contributed by atoms with van der Waals surface area (Å²) in [5.74, 6) is -0.586. The van der Waals surface area contributed by atoms with E-state index in [1.54, 1.807) is 0 Å². The molecule has 0 spiro atoms. The van der Waals surface area contributed by atoms with E-state index in [-0.39, 0.29) is 21.1 Å². The van der Waals surface area contributed by atoms with Crippen LogP contribution >= 0.6 is 15.9 Å². The molecule has 8 heteroatoms. The Morgan fingerprint density at radius 2 is 2.21 bits per heavy atom. The number of sulfonamides is 1. The highest BCUT2D eigenvalue weighted by Crippen LogP contribution is 2.26. The maximum Gasteiger partial charge on any atom is 0.242 e. The van der Waals surface area contributed by atoms with Gasteiger partial charge in [-0.2, -0.15) is 0 Å². The SMILES string of the molecule is CN1CCC(NS(=O)(=O)c2cc(Br)c(F)cc2N)C1. The highest BCUT2D eigenvalue weighted by Gasteiger charge is 2.27. The minimum atomic E-state index is -3.74. The molecule has 1 saturated heterocycles. The zero-order valence-electron chi connectivity index (χ0n) is 10.4. The van der Waals surface area contributed by atoms with E-state index in [9.17, 15) is 12.8 Å². The van der Waals surface area contributed by atoms with Crippen molar-refractivity contribution in [2.24, 2.45) is 0 Å². The maximum absolute atomic E-state index is 13.3. The molecule has 1 unspecified atom stereocenters. The van der Waals surface area contributed by atoms with Crippen molar-refractivity contribution in [2.75, 3.05) is 25.9 Å². The van der Waals surface area contributed by atoms with Crippen LogP contribution in [0.5, 0.6) is 0 Å². The van der Waals surface area contributed by atoms with Crippen LogP contribution in [0.25, 0.3) is 0 Å². The van der Waals surface area contributed by atoms with Crippen molar-refractivity contribution >= 4 is 31.6 Å². The lowest BCUT2D eigenvalue weighted by Crippen LogP contribution is -2.36. The number of hydrogen-bond acceptors (Lipinski definition) is 4. The first-order valence-corrected chi connectivity index (χ1v) is 8.02. The first-order valence-electron chi connectivity index (χ1n) is 5.75. The lowest BCUT2D eigenvalue weighted by Gasteiger charge is -2.15. The molecule has 0 amide bonds. The van der Waals surface area contributed by atoms with Crippen LogP contribution in [-0.4, -0.2) is 39.5 Å². The molecule has 1 aliphatic rings. The molecule has 0 saturated carbocycles. The van der Waals surface area contributed by atoms with Crippen molar-refractivity contribution in [2.45, 2.75) is 17.4 Å². The molecule has 19 heavy (non-hydrogen) atoms. The van der Waals surface area contributed by atoms with Crippen molar-refractivity contribution in [3.05, 3.63) is 22.4 Å². The van der Waals surface area contributed by atoms with Gasteiger partial charge in [0.2, 0.25) is 10.0 Å². The molecule has 2 rings (SSSR count). The molecule has 1 atom stereocenters. The molecule has 5 nitrogen and oxygen atoms in total. The average molecular weight is 352 g/mol. The van der Waals surface area contributed by atoms with Gasteiger partial charge in [-0.15, -0.1) is 0 Å². The molecular formula is C11H15BrFN3O2S. The van der Waals surface area contributed by atoms with Crippen LogP contribution in [0.4, 0.5) is 10.1 Å². The number of likely N-dealkylation sites (tertiary alicyclic amines) is 1. The summed E-state index contributed by atoms with van der Waals surface area (Å²) in [7, 11) is -1.81. The van der Waals surface area contributed by atoms with Gasteiger partial charge < -0.3 is 10.6 Å². The number of nitrogen functional groups attached to an aromatic ring is 1. The van der Waals surface area contributed by atoms with Gasteiger partial charge in [0.15, 0.2) is 0 Å². The van der Waals surface area contributed by atoms with Gasteiger partial charge >= 0.3 is 0 Å². The smallest absolute Gasteiger partial charge is 0.242 e. The summed E-state index contributed by atoms with van der Waals surface area (Å²) >= 11 is 2.96. The first-order chi connectivity index (χ1) is 8.79. The topological polar surface area (TPSA) is 75.4 Å². The third-order valence-electron chi connectivity index (χ3n) is 3.06. The largest absolute Gasteiger partial charge is 0.398 e. The number of halogens is 2. The highest BCUT2D eigenvalue weighted by atomic mass is 79.9. The second kappa shape index (κ2) is 5.35. The van der Waals surface area contributed by atoms with Gasteiger partial charge in [0.1, 0.15) is 10.7 Å². The third-order valence-corrected chi connectivity index (χ3v) is 5.24. The van der Waals surface area contributed by atoms with Gasteiger partial charge in [-0.3, -0.25) is 0 Å². The van der Waals surface area contributed by atoms with Gasteiger partial charge in [-0.25, -0.2) is 17.5 Å². The fourth-order valence-corrected chi connectivity index (χ4v) is 3.99. The van der Waals surface area contributed by atoms with Crippen LogP contribution in [0.15, 0.2) is 21.5 Å². The predicted molar refractivity (Wildman–Crippen MR) is 74.7 cm³/mol. The van der Waals surface area contributed by atoms with Gasteiger partial charge in [-0.1, -0.05) is 0 Å². The number of rotatable bonds is 3. The quantitative estimate of drug-likeness (QED) is 0.801. The molecule has 0 aliphatic carbocycles. The van der Waals surface area contributed by atoms with Crippen molar-refractivity contribution < 1.29 is 12.8 Å². The molecule has 0 aromatic heterocycles. The van der Waals surface area contributed by atoms with E-state index in [0.29, 0.717) is 6.54 Å². The molecule has 106 valence electrons. The van der Waals surface area contributed by atoms with Crippen LogP contribution < -0.4 is 10.5 Å². The Morgan fingerprint density at radius 3 is 2.79 bits per heavy atom. The van der Waals surface area contributed by atoms with Gasteiger partial charge in [0, 0.05) is 12.6 Å². The van der Waals surface area contributed by atoms with E-state index in [1.165, 1.54) is 6.07 Å². The minimum Gasteiger partial charge on any atom is -0.398 e. The average Bonchev–Trinajstić information content (AvgIpc) is 2.68. The lowest BCUT2D eigenvalue weighted by atomic mass is 10.3. The third kappa shape index (κ3) is 3.25. The van der Waals surface area contributed by atoms with Crippen molar-refractivity contribution in [1.82, 2.24) is 9.62 Å². The van der Waals surface area contributed by atoms with Crippen molar-refractivity contribution in [3.63, 3.8) is 0 Å². The predicted octanol–water partition coefficient (Wildman–Crippen LogP) is 1.15. The standard InChI is InChI=1S/C11H15BrFN3O2S/c1-16-3-2-7(6-16)15-19(17,18)11-4-8(12)9(13)5-10(11)14/h4-5,7,15H,2-3,6,14H2,1H3. The maximum atomic E-state index is 13.3. The number of nitrogens with two attached hydrogens (primary N) is 1. The Kier molecular flexibility index (Phi) is 4.14. The summed E-state index contributed by atoms with van der Waals surface area (Å²) in [4.78, 5) is 1.94. The number of hydrogen-bond donors (Lipinski definition) is 2. The summed E-state index contributed by atoms with van der Waals surface area (Å²) < 4.78 is 40.4.